The van der Waals surface area contributed by atoms with Crippen molar-refractivity contribution in [3.8, 4) is 0 Å². The number of hydrogen-bond donors (Lipinski definition) is 1. The lowest BCUT2D eigenvalue weighted by Gasteiger charge is -2.23. The fraction of sp³-hybridized carbons (Fsp3) is 0.409. The zero-order valence-corrected chi connectivity index (χ0v) is 17.4. The van der Waals surface area contributed by atoms with Crippen LogP contribution in [0, 0.1) is 0 Å². The predicted molar refractivity (Wildman–Crippen MR) is 115 cm³/mol. The van der Waals surface area contributed by atoms with Gasteiger partial charge in [-0.1, -0.05) is 6.58 Å². The first-order valence-corrected chi connectivity index (χ1v) is 9.71. The Kier molecular flexibility index (Phi) is 5.77. The van der Waals surface area contributed by atoms with Crippen molar-refractivity contribution in [2.24, 2.45) is 0 Å². The van der Waals surface area contributed by atoms with Gasteiger partial charge in [0.25, 0.3) is 0 Å². The predicted octanol–water partition coefficient (Wildman–Crippen LogP) is 3.49. The van der Waals surface area contributed by atoms with Gasteiger partial charge in [-0.2, -0.15) is 0 Å². The van der Waals surface area contributed by atoms with Crippen molar-refractivity contribution in [3.05, 3.63) is 43.1 Å². The van der Waals surface area contributed by atoms with Crippen molar-refractivity contribution < 1.29 is 14.3 Å². The summed E-state index contributed by atoms with van der Waals surface area (Å²) in [4.78, 5) is 32.2. The van der Waals surface area contributed by atoms with Gasteiger partial charge in [0.05, 0.1) is 6.04 Å². The highest BCUT2D eigenvalue weighted by molar-refractivity contribution is 6.03. The summed E-state index contributed by atoms with van der Waals surface area (Å²) in [6.45, 7) is 10.5. The molecule has 1 fully saturated rings. The zero-order chi connectivity index (χ0) is 21.2. The van der Waals surface area contributed by atoms with Crippen LogP contribution in [0.3, 0.4) is 0 Å². The zero-order valence-electron chi connectivity index (χ0n) is 17.4. The van der Waals surface area contributed by atoms with Gasteiger partial charge in [0.2, 0.25) is 5.91 Å². The summed E-state index contributed by atoms with van der Waals surface area (Å²) in [5.74, 6) is 0.717. The molecular formula is C22H28N4O3. The molecule has 1 saturated heterocycles. The van der Waals surface area contributed by atoms with Gasteiger partial charge >= 0.3 is 6.09 Å². The fourth-order valence-electron chi connectivity index (χ4n) is 3.42. The first kappa shape index (κ1) is 20.6. The molecule has 1 aromatic heterocycles. The molecule has 7 nitrogen and oxygen atoms in total. The number of benzene rings is 1. The Hall–Kier alpha value is -3.09. The van der Waals surface area contributed by atoms with Gasteiger partial charge in [-0.25, -0.2) is 9.78 Å². The third-order valence-corrected chi connectivity index (χ3v) is 4.83. The average molecular weight is 396 g/mol. The number of nitrogens with one attached hydrogen (secondary N) is 1. The molecule has 1 aliphatic heterocycles. The van der Waals surface area contributed by atoms with E-state index in [9.17, 15) is 9.59 Å². The number of rotatable bonds is 4. The van der Waals surface area contributed by atoms with Crippen LogP contribution >= 0.6 is 0 Å². The van der Waals surface area contributed by atoms with Crippen molar-refractivity contribution in [2.75, 3.05) is 29.9 Å². The Morgan fingerprint density at radius 2 is 2.10 bits per heavy atom. The number of pyridine rings is 1. The Morgan fingerprint density at radius 3 is 2.79 bits per heavy atom. The number of ether oxygens (including phenoxy) is 1. The van der Waals surface area contributed by atoms with E-state index in [1.165, 1.54) is 6.08 Å². The standard InChI is InChI=1S/C22H28N4O3/c1-6-19(27)25(5)17-7-8-18-15(13-17)9-11-23-20(18)26-12-10-16(14-26)24-21(28)29-22(2,3)4/h6-9,11,13,16H,1,10,12,14H2,2-5H3,(H,24,28)/t16-/m1/s1. The first-order valence-electron chi connectivity index (χ1n) is 9.71. The van der Waals surface area contributed by atoms with Gasteiger partial charge in [0.15, 0.2) is 0 Å². The monoisotopic (exact) mass is 396 g/mol. The normalized spacial score (nSPS) is 16.6. The second kappa shape index (κ2) is 8.11. The number of aromatic nitrogens is 1. The number of alkyl carbamates (subject to hydrolysis) is 1. The summed E-state index contributed by atoms with van der Waals surface area (Å²) in [7, 11) is 1.72. The van der Waals surface area contributed by atoms with Crippen molar-refractivity contribution >= 4 is 34.3 Å². The maximum absolute atomic E-state index is 12.0. The molecule has 0 radical (unpaired) electrons. The smallest absolute Gasteiger partial charge is 0.407 e. The van der Waals surface area contributed by atoms with E-state index >= 15 is 0 Å². The number of hydrogen-bond acceptors (Lipinski definition) is 5. The first-order chi connectivity index (χ1) is 13.7. The van der Waals surface area contributed by atoms with Crippen LogP contribution in [0.2, 0.25) is 0 Å². The molecule has 1 aromatic carbocycles. The molecule has 3 rings (SSSR count). The van der Waals surface area contributed by atoms with E-state index in [1.54, 1.807) is 18.1 Å². The topological polar surface area (TPSA) is 74.8 Å². The lowest BCUT2D eigenvalue weighted by Crippen LogP contribution is -2.40. The van der Waals surface area contributed by atoms with E-state index in [2.05, 4.69) is 21.8 Å². The summed E-state index contributed by atoms with van der Waals surface area (Å²) < 4.78 is 5.35. The summed E-state index contributed by atoms with van der Waals surface area (Å²) >= 11 is 0. The molecule has 29 heavy (non-hydrogen) atoms. The van der Waals surface area contributed by atoms with Crippen LogP contribution < -0.4 is 15.1 Å². The summed E-state index contributed by atoms with van der Waals surface area (Å²) in [6.07, 6.45) is 3.50. The number of likely N-dealkylation sites (N-methyl/N-ethyl adjacent to an activating group) is 1. The quantitative estimate of drug-likeness (QED) is 0.801. The van der Waals surface area contributed by atoms with E-state index in [1.807, 2.05) is 45.0 Å². The molecule has 1 atom stereocenters. The van der Waals surface area contributed by atoms with Gasteiger partial charge in [-0.05, 0) is 62.9 Å². The van der Waals surface area contributed by atoms with E-state index in [0.717, 1.165) is 35.2 Å². The molecule has 0 saturated carbocycles. The summed E-state index contributed by atoms with van der Waals surface area (Å²) in [5.41, 5.74) is 0.280. The lowest BCUT2D eigenvalue weighted by molar-refractivity contribution is -0.113. The number of carbonyl (C=O) groups excluding carboxylic acids is 2. The van der Waals surface area contributed by atoms with Crippen LogP contribution in [0.1, 0.15) is 27.2 Å². The van der Waals surface area contributed by atoms with Gasteiger partial charge in [0.1, 0.15) is 11.4 Å². The minimum atomic E-state index is -0.516. The Bertz CT molecular complexity index is 935. The molecule has 2 heterocycles. The molecule has 1 aliphatic rings. The van der Waals surface area contributed by atoms with Crippen LogP contribution in [0.5, 0.6) is 0 Å². The van der Waals surface area contributed by atoms with Gasteiger partial charge in [-0.3, -0.25) is 4.79 Å². The minimum absolute atomic E-state index is 0.0116. The number of anilines is 2. The SMILES string of the molecule is C=CC(=O)N(C)c1ccc2c(N3CC[C@@H](NC(=O)OC(C)(C)C)C3)nccc2c1. The molecule has 0 spiro atoms. The number of nitrogens with zero attached hydrogens (tertiary/aromatic N) is 3. The van der Waals surface area contributed by atoms with Crippen LogP contribution in [0.25, 0.3) is 10.8 Å². The van der Waals surface area contributed by atoms with Crippen molar-refractivity contribution in [3.63, 3.8) is 0 Å². The lowest BCUT2D eigenvalue weighted by atomic mass is 10.1. The summed E-state index contributed by atoms with van der Waals surface area (Å²) in [6, 6.07) is 7.79. The van der Waals surface area contributed by atoms with E-state index < -0.39 is 11.7 Å². The average Bonchev–Trinajstić information content (AvgIpc) is 3.12. The molecule has 0 bridgehead atoms. The summed E-state index contributed by atoms with van der Waals surface area (Å²) in [5, 5.41) is 4.95. The van der Waals surface area contributed by atoms with Crippen molar-refractivity contribution in [2.45, 2.75) is 38.8 Å². The molecule has 2 amide bonds. The van der Waals surface area contributed by atoms with Crippen LogP contribution in [-0.4, -0.2) is 48.8 Å². The third kappa shape index (κ3) is 4.85. The molecule has 154 valence electrons. The molecule has 7 heteroatoms. The maximum Gasteiger partial charge on any atom is 0.407 e. The van der Waals surface area contributed by atoms with Gasteiger partial charge in [0, 0.05) is 37.4 Å². The minimum Gasteiger partial charge on any atom is -0.444 e. The largest absolute Gasteiger partial charge is 0.444 e. The Labute approximate surface area is 171 Å². The highest BCUT2D eigenvalue weighted by Crippen LogP contribution is 2.30. The van der Waals surface area contributed by atoms with Crippen molar-refractivity contribution in [1.82, 2.24) is 10.3 Å². The van der Waals surface area contributed by atoms with Crippen LogP contribution in [0.4, 0.5) is 16.3 Å². The molecule has 2 aromatic rings. The van der Waals surface area contributed by atoms with E-state index in [4.69, 9.17) is 4.74 Å². The van der Waals surface area contributed by atoms with Gasteiger partial charge < -0.3 is 19.9 Å². The number of fused-ring (bicyclic) bond motifs is 1. The number of amides is 2. The van der Waals surface area contributed by atoms with Crippen LogP contribution in [-0.2, 0) is 9.53 Å². The maximum atomic E-state index is 12.0. The van der Waals surface area contributed by atoms with E-state index in [-0.39, 0.29) is 11.9 Å². The fourth-order valence-corrected chi connectivity index (χ4v) is 3.42. The van der Waals surface area contributed by atoms with E-state index in [0.29, 0.717) is 6.54 Å². The Morgan fingerprint density at radius 1 is 1.34 bits per heavy atom. The molecule has 0 aliphatic carbocycles. The highest BCUT2D eigenvalue weighted by Gasteiger charge is 2.27. The van der Waals surface area contributed by atoms with Crippen LogP contribution in [0.15, 0.2) is 43.1 Å². The molecular weight excluding hydrogens is 368 g/mol. The molecule has 0 unspecified atom stereocenters. The highest BCUT2D eigenvalue weighted by atomic mass is 16.6. The number of carbonyl (C=O) groups is 2. The third-order valence-electron chi connectivity index (χ3n) is 4.83. The van der Waals surface area contributed by atoms with Gasteiger partial charge in [-0.15, -0.1) is 0 Å². The molecule has 1 N–H and O–H groups in total. The second-order valence-electron chi connectivity index (χ2n) is 8.22. The Balaban J connectivity index is 1.76. The second-order valence-corrected chi connectivity index (χ2v) is 8.22. The van der Waals surface area contributed by atoms with Crippen molar-refractivity contribution in [1.29, 1.82) is 0 Å².